The lowest BCUT2D eigenvalue weighted by Crippen LogP contribution is -2.35. The number of alkyl halides is 5. The molecule has 0 fully saturated rings. The topological polar surface area (TPSA) is 133 Å². The molecule has 0 aliphatic rings. The second kappa shape index (κ2) is 13.0. The summed E-state index contributed by atoms with van der Waals surface area (Å²) in [6.07, 6.45) is -2.68. The van der Waals surface area contributed by atoms with Crippen LogP contribution < -0.4 is 10.6 Å². The fraction of sp³-hybridized carbons (Fsp3) is 0.320. The number of nitrogens with one attached hydrogen (secondary N) is 2. The molecule has 1 aromatic carbocycles. The van der Waals surface area contributed by atoms with Crippen molar-refractivity contribution in [3.63, 3.8) is 0 Å². The van der Waals surface area contributed by atoms with E-state index in [2.05, 4.69) is 36.1 Å². The molecular formula is C25H22Cl2F5N9O2S. The molecular weight excluding hydrogens is 656 g/mol. The third-order valence-corrected chi connectivity index (χ3v) is 7.25. The van der Waals surface area contributed by atoms with Crippen LogP contribution in [0.2, 0.25) is 10.0 Å². The van der Waals surface area contributed by atoms with Crippen LogP contribution >= 0.6 is 35.0 Å². The van der Waals surface area contributed by atoms with Gasteiger partial charge in [0, 0.05) is 23.0 Å². The Kier molecular flexibility index (Phi) is 9.80. The van der Waals surface area contributed by atoms with Gasteiger partial charge in [-0.3, -0.25) is 9.59 Å². The minimum absolute atomic E-state index is 0.00176. The Morgan fingerprint density at radius 3 is 2.48 bits per heavy atom. The summed E-state index contributed by atoms with van der Waals surface area (Å²) < 4.78 is 66.7. The predicted octanol–water partition coefficient (Wildman–Crippen LogP) is 5.31. The lowest BCUT2D eigenvalue weighted by molar-refractivity contribution is -0.292. The number of halogens is 7. The number of nitrogens with zero attached hydrogens (tertiary/aromatic N) is 7. The maximum absolute atomic E-state index is 13.7. The van der Waals surface area contributed by atoms with E-state index in [1.807, 2.05) is 13.2 Å². The summed E-state index contributed by atoms with van der Waals surface area (Å²) in [5, 5.41) is 19.3. The van der Waals surface area contributed by atoms with E-state index in [0.717, 1.165) is 4.68 Å². The standard InChI is InChI=1S/C25H22Cl2F5N9O2S/c1-12-7-14(26)8-16(21(42)34-13(2)11-44-3)19(12)35-22(43)18-9-15(37-41(18)20-17(27)5-4-6-33-20)10-40-38-23(36-39-40)24(28,29)25(30,31)32/h4-9,13H,10-11H2,1-3H3,(H,34,42)(H,35,43)/t13-/m0/s1. The van der Waals surface area contributed by atoms with Crippen LogP contribution in [0.4, 0.5) is 27.6 Å². The van der Waals surface area contributed by atoms with Gasteiger partial charge in [-0.2, -0.15) is 43.6 Å². The fourth-order valence-corrected chi connectivity index (χ4v) is 4.99. The highest BCUT2D eigenvalue weighted by atomic mass is 35.5. The first-order valence-electron chi connectivity index (χ1n) is 12.5. The Balaban J connectivity index is 1.71. The largest absolute Gasteiger partial charge is 0.461 e. The lowest BCUT2D eigenvalue weighted by Gasteiger charge is -2.17. The van der Waals surface area contributed by atoms with Crippen molar-refractivity contribution in [3.05, 3.63) is 74.9 Å². The monoisotopic (exact) mass is 677 g/mol. The molecule has 4 aromatic rings. The second-order valence-electron chi connectivity index (χ2n) is 9.39. The molecule has 1 atom stereocenters. The smallest absolute Gasteiger partial charge is 0.349 e. The fourth-order valence-electron chi connectivity index (χ4n) is 3.93. The van der Waals surface area contributed by atoms with Gasteiger partial charge in [-0.15, -0.1) is 10.2 Å². The van der Waals surface area contributed by atoms with Crippen molar-refractivity contribution in [3.8, 4) is 5.82 Å². The molecule has 0 saturated carbocycles. The van der Waals surface area contributed by atoms with Gasteiger partial charge >= 0.3 is 12.1 Å². The number of tetrazole rings is 1. The predicted molar refractivity (Wildman–Crippen MR) is 153 cm³/mol. The van der Waals surface area contributed by atoms with E-state index >= 15 is 0 Å². The van der Waals surface area contributed by atoms with E-state index in [1.54, 1.807) is 13.0 Å². The molecule has 3 aromatic heterocycles. The van der Waals surface area contributed by atoms with E-state index in [9.17, 15) is 31.5 Å². The van der Waals surface area contributed by atoms with Crippen molar-refractivity contribution in [1.29, 1.82) is 0 Å². The molecule has 11 nitrogen and oxygen atoms in total. The van der Waals surface area contributed by atoms with Crippen molar-refractivity contribution in [2.75, 3.05) is 17.3 Å². The Labute approximate surface area is 260 Å². The zero-order valence-corrected chi connectivity index (χ0v) is 25.3. The number of pyridine rings is 1. The number of rotatable bonds is 10. The van der Waals surface area contributed by atoms with Crippen molar-refractivity contribution in [1.82, 2.24) is 40.3 Å². The van der Waals surface area contributed by atoms with Gasteiger partial charge in [-0.1, -0.05) is 23.2 Å². The van der Waals surface area contributed by atoms with Gasteiger partial charge in [0.2, 0.25) is 0 Å². The molecule has 0 radical (unpaired) electrons. The number of aromatic nitrogens is 7. The molecule has 0 saturated heterocycles. The molecule has 4 rings (SSSR count). The Morgan fingerprint density at radius 2 is 1.82 bits per heavy atom. The first-order valence-corrected chi connectivity index (χ1v) is 14.6. The van der Waals surface area contributed by atoms with Gasteiger partial charge in [-0.25, -0.2) is 9.67 Å². The van der Waals surface area contributed by atoms with Gasteiger partial charge in [0.1, 0.15) is 12.2 Å². The molecule has 0 spiro atoms. The highest BCUT2D eigenvalue weighted by Crippen LogP contribution is 2.41. The SMILES string of the molecule is CSC[C@H](C)NC(=O)c1cc(Cl)cc(C)c1NC(=O)c1cc(Cn2nnc(C(F)(F)C(F)(F)F)n2)nn1-c1ncccc1Cl. The summed E-state index contributed by atoms with van der Waals surface area (Å²) in [6, 6.07) is 6.95. The molecule has 0 bridgehead atoms. The number of amides is 2. The average Bonchev–Trinajstić information content (AvgIpc) is 3.57. The van der Waals surface area contributed by atoms with Crippen LogP contribution in [-0.4, -0.2) is 71.0 Å². The first-order chi connectivity index (χ1) is 20.6. The quantitative estimate of drug-likeness (QED) is 0.216. The van der Waals surface area contributed by atoms with Crippen molar-refractivity contribution < 1.29 is 31.5 Å². The molecule has 0 aliphatic heterocycles. The molecule has 3 heterocycles. The minimum Gasteiger partial charge on any atom is -0.349 e. The highest BCUT2D eigenvalue weighted by Gasteiger charge is 2.62. The van der Waals surface area contributed by atoms with E-state index in [-0.39, 0.29) is 44.5 Å². The van der Waals surface area contributed by atoms with Crippen LogP contribution in [0.5, 0.6) is 0 Å². The van der Waals surface area contributed by atoms with Crippen LogP contribution in [0, 0.1) is 6.92 Å². The molecule has 44 heavy (non-hydrogen) atoms. The van der Waals surface area contributed by atoms with Crippen LogP contribution in [0.25, 0.3) is 5.82 Å². The van der Waals surface area contributed by atoms with E-state index in [1.165, 1.54) is 42.2 Å². The molecule has 2 N–H and O–H groups in total. The molecule has 0 aliphatic carbocycles. The third-order valence-electron chi connectivity index (χ3n) is 5.90. The summed E-state index contributed by atoms with van der Waals surface area (Å²) >= 11 is 14.0. The second-order valence-corrected chi connectivity index (χ2v) is 11.1. The van der Waals surface area contributed by atoms with Gasteiger partial charge < -0.3 is 10.6 Å². The summed E-state index contributed by atoms with van der Waals surface area (Å²) in [5.41, 5.74) is 0.460. The normalized spacial score (nSPS) is 12.7. The summed E-state index contributed by atoms with van der Waals surface area (Å²) in [7, 11) is 0. The average molecular weight is 678 g/mol. The lowest BCUT2D eigenvalue weighted by atomic mass is 10.1. The number of thioether (sulfide) groups is 1. The van der Waals surface area contributed by atoms with Crippen LogP contribution in [-0.2, 0) is 12.5 Å². The number of aryl methyl sites for hydroxylation is 1. The molecule has 2 amide bonds. The summed E-state index contributed by atoms with van der Waals surface area (Å²) in [5.74, 6) is -7.85. The minimum atomic E-state index is -5.94. The molecule has 234 valence electrons. The van der Waals surface area contributed by atoms with E-state index in [0.29, 0.717) is 16.1 Å². The Bertz CT molecular complexity index is 1700. The van der Waals surface area contributed by atoms with Gasteiger partial charge in [0.25, 0.3) is 17.6 Å². The number of hydrogen-bond acceptors (Lipinski definition) is 8. The number of benzene rings is 1. The summed E-state index contributed by atoms with van der Waals surface area (Å²) in [6.45, 7) is 2.89. The zero-order chi connectivity index (χ0) is 32.4. The number of anilines is 1. The number of hydrogen-bond donors (Lipinski definition) is 2. The number of carbonyl (C=O) groups excluding carboxylic acids is 2. The van der Waals surface area contributed by atoms with E-state index < -0.39 is 36.3 Å². The molecule has 19 heteroatoms. The maximum atomic E-state index is 13.7. The zero-order valence-electron chi connectivity index (χ0n) is 23.0. The highest BCUT2D eigenvalue weighted by molar-refractivity contribution is 7.98. The van der Waals surface area contributed by atoms with Crippen molar-refractivity contribution >= 4 is 52.5 Å². The maximum Gasteiger partial charge on any atom is 0.461 e. The number of carbonyl (C=O) groups is 2. The third kappa shape index (κ3) is 7.10. The Morgan fingerprint density at radius 1 is 1.09 bits per heavy atom. The van der Waals surface area contributed by atoms with E-state index in [4.69, 9.17) is 23.2 Å². The summed E-state index contributed by atoms with van der Waals surface area (Å²) in [4.78, 5) is 31.4. The van der Waals surface area contributed by atoms with Crippen LogP contribution in [0.15, 0.2) is 36.5 Å². The van der Waals surface area contributed by atoms with Crippen LogP contribution in [0.1, 0.15) is 44.9 Å². The van der Waals surface area contributed by atoms with Gasteiger partial charge in [0.05, 0.1) is 22.0 Å². The Hall–Kier alpha value is -3.83. The first kappa shape index (κ1) is 33.1. The van der Waals surface area contributed by atoms with Crippen molar-refractivity contribution in [2.45, 2.75) is 38.5 Å². The van der Waals surface area contributed by atoms with Gasteiger partial charge in [0.15, 0.2) is 5.82 Å². The van der Waals surface area contributed by atoms with Crippen LogP contribution in [0.3, 0.4) is 0 Å². The van der Waals surface area contributed by atoms with Gasteiger partial charge in [-0.05, 0) is 61.2 Å². The molecule has 0 unspecified atom stereocenters. The van der Waals surface area contributed by atoms with Crippen molar-refractivity contribution in [2.24, 2.45) is 0 Å².